The summed E-state index contributed by atoms with van der Waals surface area (Å²) in [4.78, 5) is 9.78. The van der Waals surface area contributed by atoms with Crippen molar-refractivity contribution >= 4 is 68.7 Å². The maximum Gasteiger partial charge on any atom is 2.00 e. The maximum absolute atomic E-state index is 5.33. The second-order valence-electron chi connectivity index (χ2n) is 6.01. The van der Waals surface area contributed by atoms with Crippen molar-refractivity contribution in [1.29, 1.82) is 0 Å². The van der Waals surface area contributed by atoms with E-state index in [1.54, 1.807) is 51.8 Å². The van der Waals surface area contributed by atoms with E-state index in [-0.39, 0.29) is 16.5 Å². The van der Waals surface area contributed by atoms with E-state index in [1.807, 2.05) is 73.2 Å². The average Bonchev–Trinajstić information content (AvgIpc) is 2.85. The van der Waals surface area contributed by atoms with Gasteiger partial charge in [-0.3, -0.25) is 9.98 Å². The molecule has 0 aliphatic heterocycles. The van der Waals surface area contributed by atoms with Crippen LogP contribution >= 0.6 is 23.5 Å². The van der Waals surface area contributed by atoms with Gasteiger partial charge in [-0.25, -0.2) is 0 Å². The van der Waals surface area contributed by atoms with Crippen molar-refractivity contribution in [2.45, 2.75) is 0 Å². The molecule has 2 aromatic carbocycles. The summed E-state index contributed by atoms with van der Waals surface area (Å²) in [6.07, 6.45) is 7.75. The first-order valence-corrected chi connectivity index (χ1v) is 12.8. The van der Waals surface area contributed by atoms with Crippen LogP contribution in [-0.2, 0) is 41.7 Å². The predicted octanol–water partition coefficient (Wildman–Crippen LogP) is 5.95. The zero-order valence-corrected chi connectivity index (χ0v) is 23.7. The quantitative estimate of drug-likeness (QED) is 0.188. The second kappa shape index (κ2) is 17.9. The van der Waals surface area contributed by atoms with Crippen LogP contribution in [0.2, 0.25) is 0 Å². The molecule has 0 fully saturated rings. The number of ether oxygens (including phenoxy) is 2. The largest absolute Gasteiger partial charge is 2.00 e. The third kappa shape index (κ3) is 11.5. The van der Waals surface area contributed by atoms with Crippen molar-refractivity contribution in [3.63, 3.8) is 0 Å². The molecule has 0 aliphatic carbocycles. The van der Waals surface area contributed by atoms with Gasteiger partial charge in [0.2, 0.25) is 0 Å². The Morgan fingerprint density at radius 1 is 0.758 bits per heavy atom. The Bertz CT molecular complexity index is 912. The minimum absolute atomic E-state index is 0. The Labute approximate surface area is 227 Å². The van der Waals surface area contributed by atoms with Crippen LogP contribution in [0.5, 0.6) is 11.5 Å². The monoisotopic (exact) mass is 562 g/mol. The van der Waals surface area contributed by atoms with Crippen LogP contribution in [0.4, 0.5) is 0 Å². The molecule has 9 heteroatoms. The number of benzene rings is 2. The summed E-state index contributed by atoms with van der Waals surface area (Å²) >= 11 is 13.8. The minimum atomic E-state index is 0. The normalized spacial score (nSPS) is 12.3. The predicted molar refractivity (Wildman–Crippen MR) is 150 cm³/mol. The van der Waals surface area contributed by atoms with Crippen molar-refractivity contribution in [3.05, 3.63) is 71.8 Å². The van der Waals surface area contributed by atoms with Gasteiger partial charge < -0.3 is 34.7 Å². The SMILES string of the molecule is CN=C(/C=C(\[S-])c1cccc(OC)c1)SC.CN=C(/C=C(\[S-])c1cccc(OC)c1)SC.[Ni+2]. The van der Waals surface area contributed by atoms with E-state index in [9.17, 15) is 0 Å². The molecule has 0 amide bonds. The summed E-state index contributed by atoms with van der Waals surface area (Å²) in [6.45, 7) is 0. The van der Waals surface area contributed by atoms with Crippen LogP contribution in [0.3, 0.4) is 0 Å². The van der Waals surface area contributed by atoms with Gasteiger partial charge in [0.25, 0.3) is 0 Å². The first kappa shape index (κ1) is 31.5. The topological polar surface area (TPSA) is 43.2 Å². The van der Waals surface area contributed by atoms with Crippen molar-refractivity contribution < 1.29 is 26.0 Å². The third-order valence-electron chi connectivity index (χ3n) is 4.08. The summed E-state index contributed by atoms with van der Waals surface area (Å²) in [5.41, 5.74) is 1.95. The van der Waals surface area contributed by atoms with Gasteiger partial charge >= 0.3 is 16.5 Å². The molecule has 180 valence electrons. The smallest absolute Gasteiger partial charge is 0.779 e. The Morgan fingerprint density at radius 2 is 1.12 bits per heavy atom. The van der Waals surface area contributed by atoms with Crippen LogP contribution in [0.15, 0.2) is 70.7 Å². The molecular weight excluding hydrogens is 535 g/mol. The number of aliphatic imine (C=N–C) groups is 2. The van der Waals surface area contributed by atoms with Crippen molar-refractivity contribution in [3.8, 4) is 11.5 Å². The van der Waals surface area contributed by atoms with E-state index in [1.165, 1.54) is 0 Å². The molecule has 4 nitrogen and oxygen atoms in total. The first-order chi connectivity index (χ1) is 15.4. The molecule has 0 saturated heterocycles. The summed E-state index contributed by atoms with van der Waals surface area (Å²) in [6, 6.07) is 15.4. The Kier molecular flexibility index (Phi) is 17.1. The van der Waals surface area contributed by atoms with Gasteiger partial charge in [-0.05, 0) is 60.1 Å². The maximum atomic E-state index is 5.33. The zero-order valence-electron chi connectivity index (χ0n) is 19.4. The van der Waals surface area contributed by atoms with Crippen molar-refractivity contribution in [2.75, 3.05) is 40.8 Å². The van der Waals surface area contributed by atoms with Crippen LogP contribution in [0.1, 0.15) is 11.1 Å². The summed E-state index contributed by atoms with van der Waals surface area (Å²) in [5, 5.41) is 1.85. The van der Waals surface area contributed by atoms with Crippen LogP contribution < -0.4 is 9.47 Å². The fourth-order valence-corrected chi connectivity index (χ4v) is 3.84. The Hall–Kier alpha value is -1.51. The van der Waals surface area contributed by atoms with Crippen LogP contribution in [-0.4, -0.2) is 50.9 Å². The molecule has 33 heavy (non-hydrogen) atoms. The van der Waals surface area contributed by atoms with Gasteiger partial charge in [0.1, 0.15) is 11.5 Å². The molecule has 0 saturated carbocycles. The molecule has 0 radical (unpaired) electrons. The van der Waals surface area contributed by atoms with E-state index >= 15 is 0 Å². The molecule has 0 bridgehead atoms. The third-order valence-corrected chi connectivity index (χ3v) is 6.22. The molecular formula is C24H28N2NiO2S4. The molecule has 0 heterocycles. The number of nitrogens with zero attached hydrogens (tertiary/aromatic N) is 2. The van der Waals surface area contributed by atoms with Crippen molar-refractivity contribution in [2.24, 2.45) is 9.98 Å². The summed E-state index contributed by atoms with van der Waals surface area (Å²) in [7, 11) is 6.81. The van der Waals surface area contributed by atoms with E-state index in [0.717, 1.165) is 42.5 Å². The van der Waals surface area contributed by atoms with E-state index in [0.29, 0.717) is 0 Å². The fraction of sp³-hybridized carbons (Fsp3) is 0.250. The Morgan fingerprint density at radius 3 is 1.39 bits per heavy atom. The summed E-state index contributed by atoms with van der Waals surface area (Å²) < 4.78 is 10.3. The number of methoxy groups -OCH3 is 2. The molecule has 0 aliphatic rings. The van der Waals surface area contributed by atoms with Gasteiger partial charge in [-0.1, -0.05) is 24.3 Å². The van der Waals surface area contributed by atoms with E-state index < -0.39 is 0 Å². The molecule has 0 spiro atoms. The standard InChI is InChI=1S/2C12H15NOS2.Ni/c2*1-13-12(16-3)8-11(15)9-5-4-6-10(7-9)14-2;/h2*4-8,15H,1-3H3;/q;;+2/p-2/b2*11-8-,13-12?;. The average molecular weight is 563 g/mol. The van der Waals surface area contributed by atoms with E-state index in [2.05, 4.69) is 9.98 Å². The number of hydrogen-bond donors (Lipinski definition) is 0. The van der Waals surface area contributed by atoms with Gasteiger partial charge in [0.05, 0.1) is 24.3 Å². The molecule has 2 aromatic rings. The summed E-state index contributed by atoms with van der Waals surface area (Å²) in [5.74, 6) is 1.62. The van der Waals surface area contributed by atoms with Gasteiger partial charge in [0.15, 0.2) is 0 Å². The van der Waals surface area contributed by atoms with Crippen molar-refractivity contribution in [1.82, 2.24) is 0 Å². The minimum Gasteiger partial charge on any atom is -0.779 e. The number of hydrogen-bond acceptors (Lipinski definition) is 8. The number of thioether (sulfide) groups is 2. The van der Waals surface area contributed by atoms with Gasteiger partial charge in [-0.2, -0.15) is 9.81 Å². The van der Waals surface area contributed by atoms with Crippen LogP contribution in [0, 0.1) is 0 Å². The van der Waals surface area contributed by atoms with Crippen LogP contribution in [0.25, 0.3) is 9.81 Å². The Balaban J connectivity index is 0.000000602. The fourth-order valence-electron chi connectivity index (χ4n) is 2.37. The molecule has 0 N–H and O–H groups in total. The molecule has 2 rings (SSSR count). The molecule has 0 unspecified atom stereocenters. The molecule has 0 atom stereocenters. The zero-order chi connectivity index (χ0) is 23.9. The second-order valence-corrected chi connectivity index (χ2v) is 8.55. The van der Waals surface area contributed by atoms with E-state index in [4.69, 9.17) is 34.7 Å². The molecule has 0 aromatic heterocycles. The number of rotatable bonds is 6. The first-order valence-electron chi connectivity index (χ1n) is 9.50. The van der Waals surface area contributed by atoms with Gasteiger partial charge in [-0.15, -0.1) is 23.5 Å². The van der Waals surface area contributed by atoms with Gasteiger partial charge in [0, 0.05) is 14.1 Å².